The van der Waals surface area contributed by atoms with E-state index in [0.29, 0.717) is 30.5 Å². The van der Waals surface area contributed by atoms with Crippen molar-refractivity contribution in [3.8, 4) is 6.07 Å². The molecule has 0 spiro atoms. The van der Waals surface area contributed by atoms with E-state index in [0.717, 1.165) is 0 Å². The highest BCUT2D eigenvalue weighted by Gasteiger charge is 2.24. The predicted molar refractivity (Wildman–Crippen MR) is 69.3 cm³/mol. The maximum absolute atomic E-state index is 12.0. The lowest BCUT2D eigenvalue weighted by molar-refractivity contribution is -0.132. The summed E-state index contributed by atoms with van der Waals surface area (Å²) in [6.07, 6.45) is 1.14. The molecule has 5 heteroatoms. The quantitative estimate of drug-likeness (QED) is 0.855. The molecule has 0 radical (unpaired) electrons. The van der Waals surface area contributed by atoms with Crippen molar-refractivity contribution < 1.29 is 9.59 Å². The number of hydrogen-bond acceptors (Lipinski definition) is 3. The van der Waals surface area contributed by atoms with E-state index in [-0.39, 0.29) is 17.9 Å². The van der Waals surface area contributed by atoms with Crippen molar-refractivity contribution in [3.05, 3.63) is 35.4 Å². The van der Waals surface area contributed by atoms with Gasteiger partial charge in [0.2, 0.25) is 5.91 Å². The van der Waals surface area contributed by atoms with Crippen LogP contribution in [0.1, 0.15) is 28.8 Å². The Balaban J connectivity index is 1.97. The monoisotopic (exact) mass is 257 g/mol. The van der Waals surface area contributed by atoms with Gasteiger partial charge in [-0.1, -0.05) is 0 Å². The van der Waals surface area contributed by atoms with Crippen LogP contribution in [0.15, 0.2) is 24.3 Å². The lowest BCUT2D eigenvalue weighted by Crippen LogP contribution is -2.48. The molecule has 1 aromatic carbocycles. The zero-order chi connectivity index (χ0) is 13.8. The van der Waals surface area contributed by atoms with Crippen LogP contribution in [-0.4, -0.2) is 36.3 Å². The lowest BCUT2D eigenvalue weighted by Gasteiger charge is -2.30. The van der Waals surface area contributed by atoms with Gasteiger partial charge in [-0.2, -0.15) is 5.26 Å². The summed E-state index contributed by atoms with van der Waals surface area (Å²) in [4.78, 5) is 25.0. The summed E-state index contributed by atoms with van der Waals surface area (Å²) < 4.78 is 0. The molecule has 1 atom stereocenters. The fraction of sp³-hybridized carbons (Fsp3) is 0.357. The molecule has 1 aliphatic heterocycles. The van der Waals surface area contributed by atoms with Gasteiger partial charge in [0.05, 0.1) is 11.6 Å². The molecule has 19 heavy (non-hydrogen) atoms. The number of likely N-dealkylation sites (tertiary alicyclic amines) is 1. The molecule has 1 saturated heterocycles. The average molecular weight is 257 g/mol. The molecule has 1 N–H and O–H groups in total. The number of carbonyl (C=O) groups excluding carboxylic acids is 2. The highest BCUT2D eigenvalue weighted by atomic mass is 16.2. The Hall–Kier alpha value is -2.35. The molecule has 1 aliphatic rings. The van der Waals surface area contributed by atoms with Crippen LogP contribution in [-0.2, 0) is 4.79 Å². The maximum Gasteiger partial charge on any atom is 0.251 e. The Kier molecular flexibility index (Phi) is 3.81. The Morgan fingerprint density at radius 1 is 1.42 bits per heavy atom. The number of piperidine rings is 1. The van der Waals surface area contributed by atoms with E-state index >= 15 is 0 Å². The minimum absolute atomic E-state index is 0.00848. The minimum Gasteiger partial charge on any atom is -0.348 e. The smallest absolute Gasteiger partial charge is 0.251 e. The van der Waals surface area contributed by atoms with Crippen molar-refractivity contribution in [1.82, 2.24) is 10.2 Å². The number of benzene rings is 1. The Morgan fingerprint density at radius 3 is 2.68 bits per heavy atom. The van der Waals surface area contributed by atoms with Crippen molar-refractivity contribution in [3.63, 3.8) is 0 Å². The highest BCUT2D eigenvalue weighted by molar-refractivity contribution is 5.94. The van der Waals surface area contributed by atoms with Gasteiger partial charge in [-0.15, -0.1) is 0 Å². The van der Waals surface area contributed by atoms with Gasteiger partial charge in [0, 0.05) is 31.6 Å². The molecule has 5 nitrogen and oxygen atoms in total. The van der Waals surface area contributed by atoms with E-state index in [2.05, 4.69) is 5.32 Å². The van der Waals surface area contributed by atoms with Crippen LogP contribution in [0.3, 0.4) is 0 Å². The Morgan fingerprint density at radius 2 is 2.11 bits per heavy atom. The number of likely N-dealkylation sites (N-methyl/N-ethyl adjacent to an activating group) is 1. The molecular weight excluding hydrogens is 242 g/mol. The van der Waals surface area contributed by atoms with Crippen molar-refractivity contribution in [1.29, 1.82) is 5.26 Å². The van der Waals surface area contributed by atoms with Crippen molar-refractivity contribution in [2.75, 3.05) is 13.6 Å². The number of hydrogen-bond donors (Lipinski definition) is 1. The number of amides is 2. The first-order chi connectivity index (χ1) is 9.10. The Bertz CT molecular complexity index is 531. The largest absolute Gasteiger partial charge is 0.348 e. The summed E-state index contributed by atoms with van der Waals surface area (Å²) >= 11 is 0. The van der Waals surface area contributed by atoms with Gasteiger partial charge in [-0.3, -0.25) is 9.59 Å². The van der Waals surface area contributed by atoms with Crippen LogP contribution in [0, 0.1) is 11.3 Å². The van der Waals surface area contributed by atoms with E-state index in [1.54, 1.807) is 36.2 Å². The molecule has 1 fully saturated rings. The van der Waals surface area contributed by atoms with E-state index in [9.17, 15) is 9.59 Å². The van der Waals surface area contributed by atoms with Gasteiger partial charge in [-0.25, -0.2) is 0 Å². The molecule has 0 saturated carbocycles. The van der Waals surface area contributed by atoms with E-state index in [1.807, 2.05) is 6.07 Å². The van der Waals surface area contributed by atoms with Crippen molar-refractivity contribution in [2.24, 2.45) is 0 Å². The zero-order valence-electron chi connectivity index (χ0n) is 10.7. The van der Waals surface area contributed by atoms with Gasteiger partial charge in [0.15, 0.2) is 0 Å². The van der Waals surface area contributed by atoms with E-state index < -0.39 is 0 Å². The van der Waals surface area contributed by atoms with Crippen LogP contribution in [0.4, 0.5) is 0 Å². The summed E-state index contributed by atoms with van der Waals surface area (Å²) in [5.41, 5.74) is 1.05. The maximum atomic E-state index is 12.0. The third-order valence-electron chi connectivity index (χ3n) is 3.24. The number of nitrogens with zero attached hydrogens (tertiary/aromatic N) is 2. The highest BCUT2D eigenvalue weighted by Crippen LogP contribution is 2.11. The zero-order valence-corrected chi connectivity index (χ0v) is 10.7. The van der Waals surface area contributed by atoms with Crippen LogP contribution in [0.25, 0.3) is 0 Å². The molecule has 0 bridgehead atoms. The van der Waals surface area contributed by atoms with Crippen LogP contribution >= 0.6 is 0 Å². The SMILES string of the molecule is CN1C[C@H](NC(=O)c2ccc(C#N)cc2)CCC1=O. The molecule has 1 aromatic rings. The summed E-state index contributed by atoms with van der Waals surface area (Å²) in [6.45, 7) is 0.543. The van der Waals surface area contributed by atoms with Gasteiger partial charge in [0.25, 0.3) is 5.91 Å². The topological polar surface area (TPSA) is 73.2 Å². The first-order valence-electron chi connectivity index (χ1n) is 6.15. The number of nitriles is 1. The number of carbonyl (C=O) groups is 2. The van der Waals surface area contributed by atoms with Crippen molar-refractivity contribution in [2.45, 2.75) is 18.9 Å². The first kappa shape index (κ1) is 13.1. The molecule has 2 rings (SSSR count). The summed E-state index contributed by atoms with van der Waals surface area (Å²) in [5.74, 6) is -0.0545. The summed E-state index contributed by atoms with van der Waals surface area (Å²) in [7, 11) is 1.74. The molecular formula is C14H15N3O2. The lowest BCUT2D eigenvalue weighted by atomic mass is 10.0. The normalized spacial score (nSPS) is 18.8. The van der Waals surface area contributed by atoms with Crippen LogP contribution < -0.4 is 5.32 Å². The fourth-order valence-corrected chi connectivity index (χ4v) is 2.09. The number of nitrogens with one attached hydrogen (secondary N) is 1. The van der Waals surface area contributed by atoms with Gasteiger partial charge in [-0.05, 0) is 30.7 Å². The standard InChI is InChI=1S/C14H15N3O2/c1-17-9-12(6-7-13(17)18)16-14(19)11-4-2-10(8-15)3-5-11/h2-5,12H,6-7,9H2,1H3,(H,16,19)/t12-/m1/s1. The van der Waals surface area contributed by atoms with Crippen molar-refractivity contribution >= 4 is 11.8 Å². The molecule has 2 amide bonds. The molecule has 98 valence electrons. The molecule has 0 unspecified atom stereocenters. The van der Waals surface area contributed by atoms with Gasteiger partial charge < -0.3 is 10.2 Å². The fourth-order valence-electron chi connectivity index (χ4n) is 2.09. The Labute approximate surface area is 111 Å². The minimum atomic E-state index is -0.169. The summed E-state index contributed by atoms with van der Waals surface area (Å²) in [5, 5.41) is 11.6. The van der Waals surface area contributed by atoms with E-state index in [4.69, 9.17) is 5.26 Å². The van der Waals surface area contributed by atoms with E-state index in [1.165, 1.54) is 0 Å². The molecule has 1 heterocycles. The van der Waals surface area contributed by atoms with Crippen LogP contribution in [0.5, 0.6) is 0 Å². The van der Waals surface area contributed by atoms with Crippen LogP contribution in [0.2, 0.25) is 0 Å². The third kappa shape index (κ3) is 3.10. The average Bonchev–Trinajstić information content (AvgIpc) is 2.43. The number of rotatable bonds is 2. The second-order valence-electron chi connectivity index (χ2n) is 4.67. The third-order valence-corrected chi connectivity index (χ3v) is 3.24. The predicted octanol–water partition coefficient (Wildman–Crippen LogP) is 0.909. The van der Waals surface area contributed by atoms with Gasteiger partial charge >= 0.3 is 0 Å². The molecule has 0 aliphatic carbocycles. The summed E-state index contributed by atoms with van der Waals surface area (Å²) in [6, 6.07) is 8.49. The van der Waals surface area contributed by atoms with Gasteiger partial charge in [0.1, 0.15) is 0 Å². The second kappa shape index (κ2) is 5.53. The second-order valence-corrected chi connectivity index (χ2v) is 4.67. The molecule has 0 aromatic heterocycles. The first-order valence-corrected chi connectivity index (χ1v) is 6.15.